The van der Waals surface area contributed by atoms with Gasteiger partial charge in [0.25, 0.3) is 0 Å². The van der Waals surface area contributed by atoms with Crippen molar-refractivity contribution in [3.63, 3.8) is 0 Å². The number of amides is 1. The van der Waals surface area contributed by atoms with Crippen molar-refractivity contribution in [2.24, 2.45) is 0 Å². The molecular weight excluding hydrogens is 224 g/mol. The van der Waals surface area contributed by atoms with Gasteiger partial charge in [0, 0.05) is 31.5 Å². The molecule has 96 valence electrons. The Morgan fingerprint density at radius 3 is 2.50 bits per heavy atom. The molecule has 1 amide bonds. The Morgan fingerprint density at radius 1 is 1.25 bits per heavy atom. The van der Waals surface area contributed by atoms with Crippen LogP contribution >= 0.6 is 11.8 Å². The van der Waals surface area contributed by atoms with Gasteiger partial charge in [0.15, 0.2) is 0 Å². The fourth-order valence-corrected chi connectivity index (χ4v) is 1.59. The molecule has 0 saturated carbocycles. The Bertz CT molecular complexity index is 193. The summed E-state index contributed by atoms with van der Waals surface area (Å²) in [7, 11) is 1.67. The van der Waals surface area contributed by atoms with Gasteiger partial charge in [0.05, 0.1) is 12.4 Å². The van der Waals surface area contributed by atoms with Crippen LogP contribution in [0, 0.1) is 0 Å². The van der Waals surface area contributed by atoms with E-state index in [1.807, 2.05) is 0 Å². The summed E-state index contributed by atoms with van der Waals surface area (Å²) in [5, 5.41) is 6.04. The van der Waals surface area contributed by atoms with E-state index in [0.29, 0.717) is 18.9 Å². The second kappa shape index (κ2) is 8.84. The third-order valence-corrected chi connectivity index (χ3v) is 3.02. The highest BCUT2D eigenvalue weighted by Gasteiger charge is 2.12. The minimum atomic E-state index is 0.105. The predicted octanol–water partition coefficient (Wildman–Crippen LogP) is 0.870. The molecule has 0 spiro atoms. The molecule has 0 bridgehead atoms. The van der Waals surface area contributed by atoms with E-state index < -0.39 is 0 Å². The van der Waals surface area contributed by atoms with Crippen LogP contribution in [-0.2, 0) is 9.53 Å². The molecule has 16 heavy (non-hydrogen) atoms. The molecule has 0 aliphatic carbocycles. The van der Waals surface area contributed by atoms with E-state index in [4.69, 9.17) is 4.74 Å². The van der Waals surface area contributed by atoms with Gasteiger partial charge in [-0.3, -0.25) is 4.79 Å². The van der Waals surface area contributed by atoms with Crippen LogP contribution in [0.4, 0.5) is 0 Å². The normalized spacial score (nSPS) is 11.5. The van der Waals surface area contributed by atoms with Crippen LogP contribution in [0.5, 0.6) is 0 Å². The first-order valence-corrected chi connectivity index (χ1v) is 6.54. The summed E-state index contributed by atoms with van der Waals surface area (Å²) in [6.45, 7) is 9.31. The molecule has 0 aromatic rings. The third kappa shape index (κ3) is 11.8. The Labute approximate surface area is 103 Å². The molecule has 0 fully saturated rings. The van der Waals surface area contributed by atoms with Crippen LogP contribution in [0.2, 0.25) is 0 Å². The van der Waals surface area contributed by atoms with Crippen molar-refractivity contribution >= 4 is 17.7 Å². The van der Waals surface area contributed by atoms with Crippen LogP contribution in [0.3, 0.4) is 0 Å². The average Bonchev–Trinajstić information content (AvgIpc) is 2.19. The Balaban J connectivity index is 3.31. The minimum Gasteiger partial charge on any atom is -0.383 e. The second-order valence-corrected chi connectivity index (χ2v) is 6.30. The van der Waals surface area contributed by atoms with Crippen molar-refractivity contribution in [3.05, 3.63) is 0 Å². The highest BCUT2D eigenvalue weighted by Crippen LogP contribution is 2.22. The van der Waals surface area contributed by atoms with E-state index in [9.17, 15) is 4.79 Å². The van der Waals surface area contributed by atoms with Crippen LogP contribution in [0.1, 0.15) is 20.8 Å². The number of methoxy groups -OCH3 is 1. The first-order chi connectivity index (χ1) is 7.45. The van der Waals surface area contributed by atoms with E-state index in [1.165, 1.54) is 0 Å². The molecule has 0 atom stereocenters. The summed E-state index contributed by atoms with van der Waals surface area (Å²) in [5.74, 6) is 0.634. The fraction of sp³-hybridized carbons (Fsp3) is 0.909. The van der Waals surface area contributed by atoms with Gasteiger partial charge < -0.3 is 15.4 Å². The molecule has 4 nitrogen and oxygen atoms in total. The average molecular weight is 248 g/mol. The lowest BCUT2D eigenvalue weighted by atomic mass is 10.3. The van der Waals surface area contributed by atoms with Gasteiger partial charge in [-0.2, -0.15) is 0 Å². The molecular formula is C11H24N2O2S. The number of ether oxygens (including phenoxy) is 1. The van der Waals surface area contributed by atoms with Gasteiger partial charge in [-0.15, -0.1) is 11.8 Å². The lowest BCUT2D eigenvalue weighted by molar-refractivity contribution is -0.118. The first-order valence-electron chi connectivity index (χ1n) is 5.56. The molecule has 0 unspecified atom stereocenters. The van der Waals surface area contributed by atoms with Crippen molar-refractivity contribution in [2.45, 2.75) is 25.5 Å². The monoisotopic (exact) mass is 248 g/mol. The summed E-state index contributed by atoms with van der Waals surface area (Å²) in [4.78, 5) is 11.4. The summed E-state index contributed by atoms with van der Waals surface area (Å²) >= 11 is 1.66. The van der Waals surface area contributed by atoms with E-state index in [0.717, 1.165) is 13.1 Å². The predicted molar refractivity (Wildman–Crippen MR) is 70.0 cm³/mol. The lowest BCUT2D eigenvalue weighted by Gasteiger charge is -2.17. The van der Waals surface area contributed by atoms with Crippen molar-refractivity contribution in [2.75, 3.05) is 39.1 Å². The number of carbonyl (C=O) groups excluding carboxylic acids is 1. The number of hydrogen-bond acceptors (Lipinski definition) is 4. The largest absolute Gasteiger partial charge is 0.383 e. The number of thioether (sulfide) groups is 1. The molecule has 2 N–H and O–H groups in total. The van der Waals surface area contributed by atoms with E-state index in [2.05, 4.69) is 31.4 Å². The van der Waals surface area contributed by atoms with Crippen LogP contribution in [-0.4, -0.2) is 49.8 Å². The quantitative estimate of drug-likeness (QED) is 0.626. The summed E-state index contributed by atoms with van der Waals surface area (Å²) < 4.78 is 5.04. The molecule has 5 heteroatoms. The van der Waals surface area contributed by atoms with Gasteiger partial charge in [0.1, 0.15) is 0 Å². The zero-order valence-electron chi connectivity index (χ0n) is 10.8. The number of nitrogens with one attached hydrogen (secondary N) is 2. The van der Waals surface area contributed by atoms with Crippen LogP contribution in [0.25, 0.3) is 0 Å². The van der Waals surface area contributed by atoms with Gasteiger partial charge in [-0.05, 0) is 0 Å². The van der Waals surface area contributed by atoms with E-state index >= 15 is 0 Å². The van der Waals surface area contributed by atoms with Crippen LogP contribution < -0.4 is 10.6 Å². The highest BCUT2D eigenvalue weighted by molar-refractivity contribution is 8.01. The fourth-order valence-electron chi connectivity index (χ4n) is 0.923. The SMILES string of the molecule is COCCNCCNC(=O)CSC(C)(C)C. The maximum atomic E-state index is 11.4. The minimum absolute atomic E-state index is 0.105. The van der Waals surface area contributed by atoms with Crippen molar-refractivity contribution < 1.29 is 9.53 Å². The number of rotatable bonds is 8. The van der Waals surface area contributed by atoms with Crippen LogP contribution in [0.15, 0.2) is 0 Å². The highest BCUT2D eigenvalue weighted by atomic mass is 32.2. The summed E-state index contributed by atoms with van der Waals surface area (Å²) in [6.07, 6.45) is 0. The molecule has 0 radical (unpaired) electrons. The molecule has 0 rings (SSSR count). The second-order valence-electron chi connectivity index (χ2n) is 4.49. The molecule has 0 aromatic carbocycles. The molecule has 0 aliphatic heterocycles. The van der Waals surface area contributed by atoms with Gasteiger partial charge in [-0.1, -0.05) is 20.8 Å². The van der Waals surface area contributed by atoms with Crippen molar-refractivity contribution in [3.8, 4) is 0 Å². The Morgan fingerprint density at radius 2 is 1.94 bits per heavy atom. The lowest BCUT2D eigenvalue weighted by Crippen LogP contribution is -2.34. The Kier molecular flexibility index (Phi) is 8.70. The van der Waals surface area contributed by atoms with Crippen molar-refractivity contribution in [1.82, 2.24) is 10.6 Å². The zero-order valence-corrected chi connectivity index (χ0v) is 11.6. The van der Waals surface area contributed by atoms with Gasteiger partial charge in [0.2, 0.25) is 5.91 Å². The van der Waals surface area contributed by atoms with E-state index in [-0.39, 0.29) is 10.7 Å². The first kappa shape index (κ1) is 15.7. The zero-order chi connectivity index (χ0) is 12.4. The Hall–Kier alpha value is -0.260. The maximum Gasteiger partial charge on any atom is 0.230 e. The standard InChI is InChI=1S/C11H24N2O2S/c1-11(2,3)16-9-10(14)13-6-5-12-7-8-15-4/h12H,5-9H2,1-4H3,(H,13,14). The molecule has 0 heterocycles. The number of carbonyl (C=O) groups is 1. The maximum absolute atomic E-state index is 11.4. The van der Waals surface area contributed by atoms with Gasteiger partial charge >= 0.3 is 0 Å². The van der Waals surface area contributed by atoms with E-state index in [1.54, 1.807) is 18.9 Å². The third-order valence-electron chi connectivity index (χ3n) is 1.74. The van der Waals surface area contributed by atoms with Crippen molar-refractivity contribution in [1.29, 1.82) is 0 Å². The number of hydrogen-bond donors (Lipinski definition) is 2. The topological polar surface area (TPSA) is 50.4 Å². The summed E-state index contributed by atoms with van der Waals surface area (Å²) in [6, 6.07) is 0. The smallest absolute Gasteiger partial charge is 0.230 e. The molecule has 0 aliphatic rings. The van der Waals surface area contributed by atoms with Gasteiger partial charge in [-0.25, -0.2) is 0 Å². The summed E-state index contributed by atoms with van der Waals surface area (Å²) in [5.41, 5.74) is 0. The molecule has 0 saturated heterocycles. The molecule has 0 aromatic heterocycles.